The number of hydrogen-bond acceptors (Lipinski definition) is 4. The van der Waals surface area contributed by atoms with Crippen LogP contribution in [0.15, 0.2) is 64.5 Å². The molecule has 1 heterocycles. The maximum absolute atomic E-state index is 12.2. The van der Waals surface area contributed by atoms with Crippen molar-refractivity contribution < 1.29 is 9.59 Å². The van der Waals surface area contributed by atoms with Crippen molar-refractivity contribution in [3.8, 4) is 5.69 Å². The molecule has 1 aromatic heterocycles. The molecule has 150 valence electrons. The first-order valence-corrected chi connectivity index (χ1v) is 10.8. The number of aryl methyl sites for hydroxylation is 2. The number of aromatic nitrogens is 2. The van der Waals surface area contributed by atoms with Crippen molar-refractivity contribution in [1.82, 2.24) is 14.9 Å². The van der Waals surface area contributed by atoms with Crippen LogP contribution in [0.25, 0.3) is 5.69 Å². The van der Waals surface area contributed by atoms with Gasteiger partial charge in [-0.05, 0) is 53.5 Å². The average molecular weight is 473 g/mol. The van der Waals surface area contributed by atoms with E-state index in [-0.39, 0.29) is 24.1 Å². The maximum Gasteiger partial charge on any atom is 0.243 e. The van der Waals surface area contributed by atoms with Crippen LogP contribution in [0.2, 0.25) is 0 Å². The highest BCUT2D eigenvalue weighted by molar-refractivity contribution is 9.10. The van der Waals surface area contributed by atoms with Gasteiger partial charge in [0.2, 0.25) is 11.8 Å². The first-order chi connectivity index (χ1) is 13.9. The Kier molecular flexibility index (Phi) is 7.11. The minimum Gasteiger partial charge on any atom is -0.346 e. The average Bonchev–Trinajstić information content (AvgIpc) is 3.15. The van der Waals surface area contributed by atoms with Gasteiger partial charge in [-0.3, -0.25) is 14.2 Å². The third-order valence-corrected chi connectivity index (χ3v) is 5.80. The monoisotopic (exact) mass is 472 g/mol. The number of thioether (sulfide) groups is 1. The fourth-order valence-electron chi connectivity index (χ4n) is 2.77. The second kappa shape index (κ2) is 9.76. The van der Waals surface area contributed by atoms with Gasteiger partial charge in [0.25, 0.3) is 0 Å². The third kappa shape index (κ3) is 5.71. The lowest BCUT2D eigenvalue weighted by Crippen LogP contribution is -2.34. The Balaban J connectivity index is 1.52. The summed E-state index contributed by atoms with van der Waals surface area (Å²) < 4.78 is 2.75. The maximum atomic E-state index is 12.2. The number of carbonyl (C=O) groups is 2. The zero-order chi connectivity index (χ0) is 20.8. The summed E-state index contributed by atoms with van der Waals surface area (Å²) in [6.07, 6.45) is 3.59. The number of hydrogen-bond donors (Lipinski definition) is 2. The molecule has 0 saturated carbocycles. The molecule has 6 nitrogen and oxygen atoms in total. The Morgan fingerprint density at radius 3 is 2.69 bits per heavy atom. The fraction of sp³-hybridized carbons (Fsp3) is 0.190. The van der Waals surface area contributed by atoms with Crippen LogP contribution in [0.4, 0.5) is 5.69 Å². The van der Waals surface area contributed by atoms with E-state index in [9.17, 15) is 9.59 Å². The predicted octanol–water partition coefficient (Wildman–Crippen LogP) is 4.10. The number of amides is 2. The molecule has 2 aromatic carbocycles. The summed E-state index contributed by atoms with van der Waals surface area (Å²) in [6, 6.07) is 13.5. The molecule has 3 rings (SSSR count). The summed E-state index contributed by atoms with van der Waals surface area (Å²) in [6.45, 7) is 4.01. The van der Waals surface area contributed by atoms with Crippen LogP contribution in [-0.2, 0) is 9.59 Å². The highest BCUT2D eigenvalue weighted by atomic mass is 79.9. The number of nitrogens with zero attached hydrogens (tertiary/aromatic N) is 2. The van der Waals surface area contributed by atoms with Crippen LogP contribution in [0.3, 0.4) is 0 Å². The minimum atomic E-state index is -0.285. The number of benzene rings is 2. The van der Waals surface area contributed by atoms with E-state index in [1.54, 1.807) is 12.3 Å². The summed E-state index contributed by atoms with van der Waals surface area (Å²) in [7, 11) is 0. The molecular formula is C21H21BrN4O2S. The van der Waals surface area contributed by atoms with Gasteiger partial charge in [-0.15, -0.1) is 0 Å². The normalized spacial score (nSPS) is 10.6. The molecule has 0 aliphatic rings. The van der Waals surface area contributed by atoms with Crippen LogP contribution in [0.1, 0.15) is 11.1 Å². The van der Waals surface area contributed by atoms with E-state index in [0.29, 0.717) is 5.69 Å². The number of nitrogens with one attached hydrogen (secondary N) is 2. The van der Waals surface area contributed by atoms with Gasteiger partial charge in [0.1, 0.15) is 0 Å². The number of anilines is 1. The number of halogens is 1. The summed E-state index contributed by atoms with van der Waals surface area (Å²) in [4.78, 5) is 28.5. The molecule has 0 radical (unpaired) electrons. The van der Waals surface area contributed by atoms with E-state index in [4.69, 9.17) is 0 Å². The van der Waals surface area contributed by atoms with Crippen molar-refractivity contribution in [2.24, 2.45) is 0 Å². The second-order valence-corrected chi connectivity index (χ2v) is 8.26. The summed E-state index contributed by atoms with van der Waals surface area (Å²) in [5.41, 5.74) is 4.03. The quantitative estimate of drug-likeness (QED) is 0.507. The van der Waals surface area contributed by atoms with E-state index in [1.165, 1.54) is 17.3 Å². The van der Waals surface area contributed by atoms with Crippen molar-refractivity contribution in [2.45, 2.75) is 19.0 Å². The molecule has 0 aliphatic heterocycles. The van der Waals surface area contributed by atoms with Gasteiger partial charge in [0.05, 0.1) is 23.7 Å². The Morgan fingerprint density at radius 2 is 1.93 bits per heavy atom. The Hall–Kier alpha value is -2.58. The predicted molar refractivity (Wildman–Crippen MR) is 120 cm³/mol. The lowest BCUT2D eigenvalue weighted by molar-refractivity contribution is -0.122. The van der Waals surface area contributed by atoms with Crippen LogP contribution < -0.4 is 10.6 Å². The van der Waals surface area contributed by atoms with Gasteiger partial charge in [-0.2, -0.15) is 0 Å². The number of carbonyl (C=O) groups excluding carboxylic acids is 2. The SMILES string of the molecule is Cc1ccc(-n2ccnc2SCC(=O)NCC(=O)Nc2ccccc2Br)c(C)c1. The zero-order valence-electron chi connectivity index (χ0n) is 16.1. The van der Waals surface area contributed by atoms with E-state index < -0.39 is 0 Å². The standard InChI is InChI=1S/C21H21BrN4O2S/c1-14-7-8-18(15(2)11-14)26-10-9-23-21(26)29-13-20(28)24-12-19(27)25-17-6-4-3-5-16(17)22/h3-11H,12-13H2,1-2H3,(H,24,28)(H,25,27). The molecule has 2 N–H and O–H groups in total. The van der Waals surface area contributed by atoms with Gasteiger partial charge >= 0.3 is 0 Å². The second-order valence-electron chi connectivity index (χ2n) is 6.46. The van der Waals surface area contributed by atoms with Gasteiger partial charge < -0.3 is 10.6 Å². The van der Waals surface area contributed by atoms with Crippen molar-refractivity contribution in [3.05, 3.63) is 70.5 Å². The lowest BCUT2D eigenvalue weighted by Gasteiger charge is -2.11. The van der Waals surface area contributed by atoms with E-state index in [2.05, 4.69) is 44.5 Å². The first-order valence-electron chi connectivity index (χ1n) is 8.99. The van der Waals surface area contributed by atoms with E-state index >= 15 is 0 Å². The molecule has 0 spiro atoms. The third-order valence-electron chi connectivity index (χ3n) is 4.15. The number of imidazole rings is 1. The van der Waals surface area contributed by atoms with Crippen LogP contribution >= 0.6 is 27.7 Å². The minimum absolute atomic E-state index is 0.0910. The van der Waals surface area contributed by atoms with Crippen molar-refractivity contribution in [3.63, 3.8) is 0 Å². The molecule has 3 aromatic rings. The zero-order valence-corrected chi connectivity index (χ0v) is 18.5. The Bertz CT molecular complexity index is 1040. The fourth-order valence-corrected chi connectivity index (χ4v) is 3.95. The van der Waals surface area contributed by atoms with Crippen molar-refractivity contribution in [2.75, 3.05) is 17.6 Å². The number of rotatable bonds is 7. The molecule has 0 atom stereocenters. The van der Waals surface area contributed by atoms with Crippen LogP contribution in [-0.4, -0.2) is 33.7 Å². The highest BCUT2D eigenvalue weighted by Gasteiger charge is 2.12. The molecule has 0 saturated heterocycles. The smallest absolute Gasteiger partial charge is 0.243 e. The number of para-hydroxylation sites is 1. The molecule has 0 bridgehead atoms. The molecule has 0 fully saturated rings. The molecular weight excluding hydrogens is 452 g/mol. The van der Waals surface area contributed by atoms with Gasteiger partial charge in [0, 0.05) is 16.9 Å². The lowest BCUT2D eigenvalue weighted by atomic mass is 10.1. The summed E-state index contributed by atoms with van der Waals surface area (Å²) in [5.74, 6) is -0.343. The van der Waals surface area contributed by atoms with Gasteiger partial charge in [-0.25, -0.2) is 4.98 Å². The molecule has 0 aliphatic carbocycles. The molecule has 8 heteroatoms. The molecule has 29 heavy (non-hydrogen) atoms. The first kappa shape index (κ1) is 21.1. The van der Waals surface area contributed by atoms with Gasteiger partial charge in [0.15, 0.2) is 5.16 Å². The molecule has 2 amide bonds. The van der Waals surface area contributed by atoms with Crippen molar-refractivity contribution in [1.29, 1.82) is 0 Å². The van der Waals surface area contributed by atoms with Crippen LogP contribution in [0.5, 0.6) is 0 Å². The largest absolute Gasteiger partial charge is 0.346 e. The van der Waals surface area contributed by atoms with E-state index in [1.807, 2.05) is 48.0 Å². The van der Waals surface area contributed by atoms with Crippen molar-refractivity contribution >= 4 is 45.2 Å². The Labute approximate surface area is 182 Å². The topological polar surface area (TPSA) is 76.0 Å². The Morgan fingerprint density at radius 1 is 1.14 bits per heavy atom. The highest BCUT2D eigenvalue weighted by Crippen LogP contribution is 2.23. The summed E-state index contributed by atoms with van der Waals surface area (Å²) >= 11 is 4.70. The molecule has 0 unspecified atom stereocenters. The van der Waals surface area contributed by atoms with Crippen LogP contribution in [0, 0.1) is 13.8 Å². The van der Waals surface area contributed by atoms with Gasteiger partial charge in [-0.1, -0.05) is 41.6 Å². The summed E-state index contributed by atoms with van der Waals surface area (Å²) in [5, 5.41) is 6.12. The van der Waals surface area contributed by atoms with E-state index in [0.717, 1.165) is 20.9 Å².